The molecule has 0 aliphatic heterocycles. The lowest BCUT2D eigenvalue weighted by atomic mass is 9.93. The van der Waals surface area contributed by atoms with Crippen molar-refractivity contribution < 1.29 is 29.6 Å². The first-order valence-electron chi connectivity index (χ1n) is 7.63. The van der Waals surface area contributed by atoms with Crippen molar-refractivity contribution in [1.82, 2.24) is 4.98 Å². The number of hydrogen-bond donors (Lipinski definition) is 4. The lowest BCUT2D eigenvalue weighted by Crippen LogP contribution is -2.06. The predicted molar refractivity (Wildman–Crippen MR) is 94.2 cm³/mol. The fourth-order valence-electron chi connectivity index (χ4n) is 2.69. The molecule has 25 heavy (non-hydrogen) atoms. The van der Waals surface area contributed by atoms with Gasteiger partial charge in [0.2, 0.25) is 0 Å². The molecule has 7 nitrogen and oxygen atoms in total. The molecular formula is C17H20BrNO6. The number of esters is 1. The zero-order valence-corrected chi connectivity index (χ0v) is 15.5. The molecule has 0 fully saturated rings. The van der Waals surface area contributed by atoms with Crippen molar-refractivity contribution in [3.05, 3.63) is 39.0 Å². The number of hydrogen-bond acceptors (Lipinski definition) is 6. The number of ether oxygens (including phenoxy) is 2. The predicted octanol–water partition coefficient (Wildman–Crippen LogP) is 2.11. The Balaban J connectivity index is 2.72. The van der Waals surface area contributed by atoms with Crippen LogP contribution in [0.5, 0.6) is 5.88 Å². The number of aliphatic hydroxyl groups is 3. The molecule has 1 aromatic heterocycles. The monoisotopic (exact) mass is 413 g/mol. The van der Waals surface area contributed by atoms with Gasteiger partial charge < -0.3 is 29.8 Å². The molecule has 2 rings (SSSR count). The lowest BCUT2D eigenvalue weighted by Gasteiger charge is -2.16. The second-order valence-electron chi connectivity index (χ2n) is 5.15. The maximum atomic E-state index is 12.1. The fourth-order valence-corrected chi connectivity index (χ4v) is 3.35. The van der Waals surface area contributed by atoms with Gasteiger partial charge in [-0.15, -0.1) is 0 Å². The first-order valence-corrected chi connectivity index (χ1v) is 8.42. The molecule has 0 saturated carbocycles. The number of benzene rings is 1. The van der Waals surface area contributed by atoms with Gasteiger partial charge in [-0.2, -0.15) is 0 Å². The molecule has 0 radical (unpaired) electrons. The van der Waals surface area contributed by atoms with Gasteiger partial charge in [0.25, 0.3) is 0 Å². The first kappa shape index (κ1) is 19.5. The van der Waals surface area contributed by atoms with Crippen molar-refractivity contribution in [2.75, 3.05) is 13.7 Å². The Kier molecular flexibility index (Phi) is 6.60. The van der Waals surface area contributed by atoms with E-state index in [2.05, 4.69) is 20.9 Å². The minimum Gasteiger partial charge on any atom is -0.482 e. The summed E-state index contributed by atoms with van der Waals surface area (Å²) in [7, 11) is 1.45. The Bertz CT molecular complexity index is 771. The number of nitrogens with one attached hydrogen (secondary N) is 1. The van der Waals surface area contributed by atoms with Gasteiger partial charge in [-0.3, -0.25) is 0 Å². The van der Waals surface area contributed by atoms with E-state index >= 15 is 0 Å². The van der Waals surface area contributed by atoms with Crippen LogP contribution in [0, 0.1) is 0 Å². The highest BCUT2D eigenvalue weighted by molar-refractivity contribution is 9.10. The quantitative estimate of drug-likeness (QED) is 0.517. The van der Waals surface area contributed by atoms with E-state index in [0.717, 1.165) is 0 Å². The largest absolute Gasteiger partial charge is 0.482 e. The van der Waals surface area contributed by atoms with E-state index in [-0.39, 0.29) is 32.1 Å². The maximum absolute atomic E-state index is 12.1. The standard InChI is InChI=1S/C17H20BrNO6/c1-3-25-17(23)15-14(18)13(16(19-15)24-2)10-5-4-9(6-20)11(7-21)12(10)8-22/h4-5,19-22H,3,6-8H2,1-2H3. The fraction of sp³-hybridized carbons (Fsp3) is 0.353. The number of aromatic nitrogens is 1. The summed E-state index contributed by atoms with van der Waals surface area (Å²) in [6.07, 6.45) is 0. The summed E-state index contributed by atoms with van der Waals surface area (Å²) in [5, 5.41) is 28.9. The number of carbonyl (C=O) groups is 1. The summed E-state index contributed by atoms with van der Waals surface area (Å²) in [5.41, 5.74) is 2.69. The molecule has 136 valence electrons. The van der Waals surface area contributed by atoms with Gasteiger partial charge in [0.15, 0.2) is 5.88 Å². The molecule has 2 aromatic rings. The van der Waals surface area contributed by atoms with Crippen LogP contribution in [0.25, 0.3) is 11.1 Å². The third kappa shape index (κ3) is 3.57. The average Bonchev–Trinajstić information content (AvgIpc) is 2.96. The second-order valence-corrected chi connectivity index (χ2v) is 5.94. The number of rotatable bonds is 7. The van der Waals surface area contributed by atoms with Gasteiger partial charge in [-0.25, -0.2) is 4.79 Å². The zero-order chi connectivity index (χ0) is 18.6. The van der Waals surface area contributed by atoms with Gasteiger partial charge >= 0.3 is 5.97 Å². The molecule has 0 atom stereocenters. The van der Waals surface area contributed by atoms with E-state index in [1.165, 1.54) is 7.11 Å². The summed E-state index contributed by atoms with van der Waals surface area (Å²) in [6, 6.07) is 3.35. The number of methoxy groups -OCH3 is 1. The lowest BCUT2D eigenvalue weighted by molar-refractivity contribution is 0.0518. The summed E-state index contributed by atoms with van der Waals surface area (Å²) in [4.78, 5) is 15.0. The number of aliphatic hydroxyl groups excluding tert-OH is 3. The van der Waals surface area contributed by atoms with E-state index in [0.29, 0.717) is 38.2 Å². The average molecular weight is 414 g/mol. The Morgan fingerprint density at radius 2 is 1.84 bits per heavy atom. The summed E-state index contributed by atoms with van der Waals surface area (Å²) >= 11 is 3.39. The third-order valence-electron chi connectivity index (χ3n) is 3.87. The van der Waals surface area contributed by atoms with E-state index < -0.39 is 5.97 Å². The number of aromatic amines is 1. The van der Waals surface area contributed by atoms with E-state index in [4.69, 9.17) is 9.47 Å². The van der Waals surface area contributed by atoms with E-state index in [9.17, 15) is 20.1 Å². The highest BCUT2D eigenvalue weighted by Gasteiger charge is 2.26. The third-order valence-corrected chi connectivity index (χ3v) is 4.67. The Hall–Kier alpha value is -1.87. The van der Waals surface area contributed by atoms with Crippen LogP contribution in [0.4, 0.5) is 0 Å². The molecule has 0 spiro atoms. The van der Waals surface area contributed by atoms with Crippen LogP contribution in [0.3, 0.4) is 0 Å². The van der Waals surface area contributed by atoms with Crippen molar-refractivity contribution in [2.24, 2.45) is 0 Å². The van der Waals surface area contributed by atoms with Crippen LogP contribution in [-0.2, 0) is 24.6 Å². The summed E-state index contributed by atoms with van der Waals surface area (Å²) in [6.45, 7) is 0.980. The summed E-state index contributed by atoms with van der Waals surface area (Å²) in [5.74, 6) is -0.232. The minimum atomic E-state index is -0.543. The number of halogens is 1. The van der Waals surface area contributed by atoms with Crippen molar-refractivity contribution in [1.29, 1.82) is 0 Å². The smallest absolute Gasteiger partial charge is 0.356 e. The van der Waals surface area contributed by atoms with Gasteiger partial charge in [0, 0.05) is 0 Å². The van der Waals surface area contributed by atoms with Crippen LogP contribution >= 0.6 is 15.9 Å². The Morgan fingerprint density at radius 3 is 2.36 bits per heavy atom. The molecule has 0 aliphatic rings. The number of H-pyrrole nitrogens is 1. The molecule has 0 unspecified atom stereocenters. The van der Waals surface area contributed by atoms with Crippen LogP contribution in [0.1, 0.15) is 34.1 Å². The number of carbonyl (C=O) groups excluding carboxylic acids is 1. The molecule has 1 aromatic carbocycles. The van der Waals surface area contributed by atoms with Crippen LogP contribution in [0.15, 0.2) is 16.6 Å². The molecule has 8 heteroatoms. The molecule has 0 saturated heterocycles. The Labute approximate surface area is 153 Å². The second kappa shape index (κ2) is 8.48. The molecule has 4 N–H and O–H groups in total. The van der Waals surface area contributed by atoms with Crippen molar-refractivity contribution in [2.45, 2.75) is 26.7 Å². The van der Waals surface area contributed by atoms with Gasteiger partial charge in [-0.05, 0) is 45.1 Å². The van der Waals surface area contributed by atoms with Gasteiger partial charge in [-0.1, -0.05) is 12.1 Å². The van der Waals surface area contributed by atoms with E-state index in [1.54, 1.807) is 19.1 Å². The van der Waals surface area contributed by atoms with E-state index in [1.807, 2.05) is 0 Å². The van der Waals surface area contributed by atoms with Crippen molar-refractivity contribution in [3.8, 4) is 17.0 Å². The molecule has 0 amide bonds. The first-order chi connectivity index (χ1) is 12.0. The molecule has 1 heterocycles. The van der Waals surface area contributed by atoms with Crippen molar-refractivity contribution >= 4 is 21.9 Å². The van der Waals surface area contributed by atoms with Crippen LogP contribution in [0.2, 0.25) is 0 Å². The van der Waals surface area contributed by atoms with Gasteiger partial charge in [0.1, 0.15) is 5.69 Å². The van der Waals surface area contributed by atoms with Crippen LogP contribution < -0.4 is 4.74 Å². The summed E-state index contributed by atoms with van der Waals surface area (Å²) < 4.78 is 10.8. The normalized spacial score (nSPS) is 10.8. The Morgan fingerprint density at radius 1 is 1.16 bits per heavy atom. The molecule has 0 aliphatic carbocycles. The minimum absolute atomic E-state index is 0.189. The molecule has 0 bridgehead atoms. The maximum Gasteiger partial charge on any atom is 0.356 e. The van der Waals surface area contributed by atoms with Crippen LogP contribution in [-0.4, -0.2) is 40.0 Å². The molecular weight excluding hydrogens is 394 g/mol. The van der Waals surface area contributed by atoms with Gasteiger partial charge in [0.05, 0.1) is 43.6 Å². The highest BCUT2D eigenvalue weighted by atomic mass is 79.9. The highest BCUT2D eigenvalue weighted by Crippen LogP contribution is 2.42. The topological polar surface area (TPSA) is 112 Å². The van der Waals surface area contributed by atoms with Crippen molar-refractivity contribution in [3.63, 3.8) is 0 Å². The zero-order valence-electron chi connectivity index (χ0n) is 13.9. The SMILES string of the molecule is CCOC(=O)c1[nH]c(OC)c(-c2ccc(CO)c(CO)c2CO)c1Br.